The number of halogens is 2. The first kappa shape index (κ1) is 17.5. The number of anilines is 2. The maximum atomic E-state index is 15.1. The Kier molecular flexibility index (Phi) is 4.06. The van der Waals surface area contributed by atoms with Gasteiger partial charge in [-0.25, -0.2) is 4.39 Å². The number of nitrogens with zero attached hydrogens (tertiary/aromatic N) is 6. The highest BCUT2D eigenvalue weighted by Gasteiger charge is 2.26. The van der Waals surface area contributed by atoms with E-state index in [9.17, 15) is 0 Å². The molecule has 0 radical (unpaired) electrons. The Morgan fingerprint density at radius 3 is 2.75 bits per heavy atom. The summed E-state index contributed by atoms with van der Waals surface area (Å²) >= 11 is 3.68. The van der Waals surface area contributed by atoms with Crippen LogP contribution in [-0.2, 0) is 6.54 Å². The van der Waals surface area contributed by atoms with Crippen molar-refractivity contribution in [1.29, 1.82) is 0 Å². The fourth-order valence-corrected chi connectivity index (χ4v) is 4.37. The van der Waals surface area contributed by atoms with E-state index in [1.165, 1.54) is 6.07 Å². The molecule has 2 aromatic carbocycles. The van der Waals surface area contributed by atoms with Gasteiger partial charge in [-0.1, -0.05) is 28.1 Å². The Bertz CT molecular complexity index is 1220. The van der Waals surface area contributed by atoms with Gasteiger partial charge in [0.25, 0.3) is 5.78 Å². The zero-order chi connectivity index (χ0) is 19.4. The zero-order valence-corrected chi connectivity index (χ0v) is 17.1. The van der Waals surface area contributed by atoms with Crippen LogP contribution < -0.4 is 4.90 Å². The molecule has 0 saturated heterocycles. The molecule has 28 heavy (non-hydrogen) atoms. The van der Waals surface area contributed by atoms with Crippen LogP contribution in [0, 0.1) is 12.7 Å². The summed E-state index contributed by atoms with van der Waals surface area (Å²) < 4.78 is 17.9. The Hall–Kier alpha value is -2.58. The third-order valence-electron chi connectivity index (χ3n) is 5.24. The molecule has 0 atom stereocenters. The van der Waals surface area contributed by atoms with Crippen LogP contribution in [0.4, 0.5) is 15.9 Å². The zero-order valence-electron chi connectivity index (χ0n) is 15.5. The molecule has 142 valence electrons. The lowest BCUT2D eigenvalue weighted by atomic mass is 10.1. The van der Waals surface area contributed by atoms with Gasteiger partial charge in [0.1, 0.15) is 17.5 Å². The average Bonchev–Trinajstić information content (AvgIpc) is 2.95. The fraction of sp³-hybridized carbons (Fsp3) is 0.250. The second-order valence-corrected chi connectivity index (χ2v) is 7.93. The lowest BCUT2D eigenvalue weighted by Crippen LogP contribution is -2.27. The maximum absolute atomic E-state index is 15.1. The van der Waals surface area contributed by atoms with Gasteiger partial charge in [0.05, 0.1) is 10.9 Å². The van der Waals surface area contributed by atoms with Crippen LogP contribution >= 0.6 is 15.9 Å². The van der Waals surface area contributed by atoms with Crippen molar-refractivity contribution in [3.8, 4) is 0 Å². The highest BCUT2D eigenvalue weighted by atomic mass is 79.9. The summed E-state index contributed by atoms with van der Waals surface area (Å²) in [5, 5.41) is 8.82. The van der Waals surface area contributed by atoms with Crippen molar-refractivity contribution in [2.45, 2.75) is 13.5 Å². The predicted molar refractivity (Wildman–Crippen MR) is 110 cm³/mol. The predicted octanol–water partition coefficient (Wildman–Crippen LogP) is 4.07. The summed E-state index contributed by atoms with van der Waals surface area (Å²) in [4.78, 5) is 9.09. The monoisotopic (exact) mass is 440 g/mol. The number of aromatic nitrogens is 4. The van der Waals surface area contributed by atoms with E-state index in [0.29, 0.717) is 29.4 Å². The van der Waals surface area contributed by atoms with Gasteiger partial charge in [-0.05, 0) is 38.2 Å². The molecule has 0 N–H and O–H groups in total. The summed E-state index contributed by atoms with van der Waals surface area (Å²) in [5.74, 6) is 1.43. The quantitative estimate of drug-likeness (QED) is 0.446. The minimum atomic E-state index is -0.302. The van der Waals surface area contributed by atoms with Gasteiger partial charge in [0.2, 0.25) is 0 Å². The number of likely N-dealkylation sites (N-methyl/N-ethyl adjacent to an activating group) is 1. The maximum Gasteiger partial charge on any atom is 0.257 e. The van der Waals surface area contributed by atoms with E-state index in [-0.39, 0.29) is 5.82 Å². The molecule has 6 nitrogen and oxygen atoms in total. The normalized spacial score (nSPS) is 15.2. The minimum Gasteiger partial charge on any atom is -0.324 e. The molecule has 0 unspecified atom stereocenters. The number of benzene rings is 2. The largest absolute Gasteiger partial charge is 0.324 e. The van der Waals surface area contributed by atoms with Crippen molar-refractivity contribution in [3.05, 3.63) is 58.1 Å². The van der Waals surface area contributed by atoms with Gasteiger partial charge in [-0.2, -0.15) is 4.98 Å². The van der Waals surface area contributed by atoms with Gasteiger partial charge >= 0.3 is 0 Å². The van der Waals surface area contributed by atoms with Crippen LogP contribution in [0.25, 0.3) is 16.7 Å². The van der Waals surface area contributed by atoms with Crippen molar-refractivity contribution in [2.75, 3.05) is 25.0 Å². The second kappa shape index (κ2) is 6.49. The average molecular weight is 441 g/mol. The van der Waals surface area contributed by atoms with Gasteiger partial charge in [-0.3, -0.25) is 4.40 Å². The summed E-state index contributed by atoms with van der Waals surface area (Å²) in [5.41, 5.74) is 2.90. The van der Waals surface area contributed by atoms with Crippen LogP contribution in [0.3, 0.4) is 0 Å². The molecule has 0 aliphatic carbocycles. The molecule has 1 aliphatic rings. The smallest absolute Gasteiger partial charge is 0.257 e. The molecule has 0 spiro atoms. The van der Waals surface area contributed by atoms with E-state index in [2.05, 4.69) is 49.0 Å². The molecule has 8 heteroatoms. The number of hydrogen-bond acceptors (Lipinski definition) is 5. The molecule has 5 rings (SSSR count). The third kappa shape index (κ3) is 2.59. The van der Waals surface area contributed by atoms with E-state index < -0.39 is 0 Å². The fourth-order valence-electron chi connectivity index (χ4n) is 3.89. The van der Waals surface area contributed by atoms with Crippen molar-refractivity contribution in [3.63, 3.8) is 0 Å². The van der Waals surface area contributed by atoms with Crippen LogP contribution in [0.5, 0.6) is 0 Å². The molecule has 0 amide bonds. The third-order valence-corrected chi connectivity index (χ3v) is 5.99. The summed E-state index contributed by atoms with van der Waals surface area (Å²) in [6, 6.07) is 11.2. The highest BCUT2D eigenvalue weighted by Crippen LogP contribution is 2.38. The van der Waals surface area contributed by atoms with Gasteiger partial charge < -0.3 is 9.80 Å². The van der Waals surface area contributed by atoms with E-state index in [1.807, 2.05) is 25.1 Å². The molecule has 1 aliphatic heterocycles. The van der Waals surface area contributed by atoms with Crippen LogP contribution in [0.15, 0.2) is 40.9 Å². The highest BCUT2D eigenvalue weighted by molar-refractivity contribution is 9.10. The first-order valence-corrected chi connectivity index (χ1v) is 9.87. The van der Waals surface area contributed by atoms with Crippen molar-refractivity contribution in [2.24, 2.45) is 0 Å². The van der Waals surface area contributed by atoms with Crippen LogP contribution in [0.2, 0.25) is 0 Å². The van der Waals surface area contributed by atoms with Crippen LogP contribution in [0.1, 0.15) is 11.4 Å². The molecule has 0 fully saturated rings. The SMILES string of the molecule is Cc1nnc2nc(N3CCN(C)Cc4c(Br)cccc43)c3c(F)cccc3n12. The number of rotatable bonds is 1. The second-order valence-electron chi connectivity index (χ2n) is 7.08. The number of fused-ring (bicyclic) bond motifs is 4. The lowest BCUT2D eigenvalue weighted by Gasteiger charge is -2.25. The molecule has 0 saturated carbocycles. The standard InChI is InChI=1S/C20H18BrFN6/c1-12-24-25-20-23-19(18-15(22)6-4-8-17(18)28(12)20)27-10-9-26(2)11-13-14(21)5-3-7-16(13)27/h3-8H,9-11H2,1-2H3. The lowest BCUT2D eigenvalue weighted by molar-refractivity contribution is 0.343. The molecule has 3 heterocycles. The van der Waals surface area contributed by atoms with E-state index in [0.717, 1.165) is 34.3 Å². The van der Waals surface area contributed by atoms with Gasteiger partial charge in [0, 0.05) is 35.4 Å². The van der Waals surface area contributed by atoms with Crippen molar-refractivity contribution >= 4 is 44.1 Å². The van der Waals surface area contributed by atoms with Crippen LogP contribution in [-0.4, -0.2) is 44.6 Å². The Balaban J connectivity index is 1.85. The Labute approximate surface area is 169 Å². The van der Waals surface area contributed by atoms with Gasteiger partial charge in [-0.15, -0.1) is 10.2 Å². The van der Waals surface area contributed by atoms with E-state index in [1.54, 1.807) is 10.5 Å². The Morgan fingerprint density at radius 1 is 1.07 bits per heavy atom. The molecule has 4 aromatic rings. The summed E-state index contributed by atoms with van der Waals surface area (Å²) in [7, 11) is 2.09. The number of hydrogen-bond donors (Lipinski definition) is 0. The van der Waals surface area contributed by atoms with Crippen molar-refractivity contribution < 1.29 is 4.39 Å². The first-order valence-electron chi connectivity index (χ1n) is 9.08. The van der Waals surface area contributed by atoms with E-state index >= 15 is 4.39 Å². The molecule has 2 aromatic heterocycles. The summed E-state index contributed by atoms with van der Waals surface area (Å²) in [6.45, 7) is 4.17. The molecular formula is C20H18BrFN6. The number of aryl methyl sites for hydroxylation is 1. The minimum absolute atomic E-state index is 0.302. The topological polar surface area (TPSA) is 49.6 Å². The first-order chi connectivity index (χ1) is 13.5. The van der Waals surface area contributed by atoms with Gasteiger partial charge in [0.15, 0.2) is 0 Å². The molecular weight excluding hydrogens is 423 g/mol. The Morgan fingerprint density at radius 2 is 1.89 bits per heavy atom. The molecule has 0 bridgehead atoms. The summed E-state index contributed by atoms with van der Waals surface area (Å²) in [6.07, 6.45) is 0. The van der Waals surface area contributed by atoms with Crippen molar-refractivity contribution in [1.82, 2.24) is 24.5 Å². The van der Waals surface area contributed by atoms with E-state index in [4.69, 9.17) is 4.98 Å².